The van der Waals surface area contributed by atoms with Crippen LogP contribution in [0, 0.1) is 0 Å². The van der Waals surface area contributed by atoms with E-state index < -0.39 is 9.84 Å². The Morgan fingerprint density at radius 1 is 1.08 bits per heavy atom. The fourth-order valence-electron chi connectivity index (χ4n) is 3.14. The summed E-state index contributed by atoms with van der Waals surface area (Å²) in [6.07, 6.45) is 2.53. The molecule has 8 heteroatoms. The van der Waals surface area contributed by atoms with Crippen LogP contribution in [0.25, 0.3) is 0 Å². The summed E-state index contributed by atoms with van der Waals surface area (Å²) in [7, 11) is -3.22. The van der Waals surface area contributed by atoms with Gasteiger partial charge in [-0.3, -0.25) is 19.3 Å². The molecule has 0 radical (unpaired) electrons. The van der Waals surface area contributed by atoms with E-state index in [1.807, 2.05) is 0 Å². The number of carbonyl (C=O) groups is 3. The molecular weight excluding hydrogens is 344 g/mol. The van der Waals surface area contributed by atoms with Crippen molar-refractivity contribution in [2.75, 3.05) is 19.3 Å². The third-order valence-corrected chi connectivity index (χ3v) is 5.78. The zero-order valence-electron chi connectivity index (χ0n) is 14.0. The zero-order valence-corrected chi connectivity index (χ0v) is 14.8. The summed E-state index contributed by atoms with van der Waals surface area (Å²) in [6.45, 7) is 0.812. The number of amides is 3. The highest BCUT2D eigenvalue weighted by atomic mass is 32.2. The van der Waals surface area contributed by atoms with Crippen LogP contribution in [0.5, 0.6) is 0 Å². The molecule has 0 aromatic heterocycles. The molecule has 2 aliphatic heterocycles. The quantitative estimate of drug-likeness (QED) is 0.705. The number of imide groups is 1. The number of likely N-dealkylation sites (tertiary alicyclic amines) is 2. The Bertz CT molecular complexity index is 794. The van der Waals surface area contributed by atoms with Crippen LogP contribution < -0.4 is 0 Å². The van der Waals surface area contributed by atoms with Crippen molar-refractivity contribution in [3.63, 3.8) is 0 Å². The van der Waals surface area contributed by atoms with Gasteiger partial charge in [-0.1, -0.05) is 12.1 Å². The van der Waals surface area contributed by atoms with Crippen LogP contribution in [-0.2, 0) is 30.6 Å². The minimum Gasteiger partial charge on any atom is -0.338 e. The molecule has 3 amide bonds. The first-order valence-electron chi connectivity index (χ1n) is 8.17. The lowest BCUT2D eigenvalue weighted by Crippen LogP contribution is -2.62. The van der Waals surface area contributed by atoms with Crippen molar-refractivity contribution in [2.24, 2.45) is 0 Å². The molecular formula is C17H20N2O5S. The van der Waals surface area contributed by atoms with E-state index in [1.165, 1.54) is 4.90 Å². The molecule has 0 unspecified atom stereocenters. The standard InChI is InChI=1S/C17H20N2O5S/c1-25(23,24)14-5-2-12(3-6-14)4-7-15(20)18-10-13(11-18)19-16(21)8-9-17(19)22/h2-3,5-6,13H,4,7-11H2,1H3. The molecule has 0 saturated carbocycles. The van der Waals surface area contributed by atoms with Gasteiger partial charge in [0.2, 0.25) is 17.7 Å². The maximum atomic E-state index is 12.2. The van der Waals surface area contributed by atoms with Crippen molar-refractivity contribution in [3.05, 3.63) is 29.8 Å². The summed E-state index contributed by atoms with van der Waals surface area (Å²) in [5, 5.41) is 0. The second-order valence-corrected chi connectivity index (χ2v) is 8.54. The van der Waals surface area contributed by atoms with E-state index in [9.17, 15) is 22.8 Å². The van der Waals surface area contributed by atoms with Crippen molar-refractivity contribution in [1.82, 2.24) is 9.80 Å². The van der Waals surface area contributed by atoms with Crippen LogP contribution in [0.4, 0.5) is 0 Å². The fraction of sp³-hybridized carbons (Fsp3) is 0.471. The number of carbonyl (C=O) groups excluding carboxylic acids is 3. The molecule has 1 aromatic carbocycles. The van der Waals surface area contributed by atoms with Crippen LogP contribution in [0.1, 0.15) is 24.8 Å². The van der Waals surface area contributed by atoms with Gasteiger partial charge in [-0.05, 0) is 24.1 Å². The molecule has 3 rings (SSSR count). The molecule has 25 heavy (non-hydrogen) atoms. The molecule has 0 bridgehead atoms. The molecule has 134 valence electrons. The summed E-state index contributed by atoms with van der Waals surface area (Å²) in [4.78, 5) is 38.7. The molecule has 1 aromatic rings. The molecule has 0 atom stereocenters. The fourth-order valence-corrected chi connectivity index (χ4v) is 3.77. The summed E-state index contributed by atoms with van der Waals surface area (Å²) < 4.78 is 22.8. The van der Waals surface area contributed by atoms with E-state index in [4.69, 9.17) is 0 Å². The first-order chi connectivity index (χ1) is 11.8. The lowest BCUT2D eigenvalue weighted by molar-refractivity contribution is -0.151. The lowest BCUT2D eigenvalue weighted by Gasteiger charge is -2.43. The van der Waals surface area contributed by atoms with Crippen molar-refractivity contribution >= 4 is 27.6 Å². The highest BCUT2D eigenvalue weighted by molar-refractivity contribution is 7.90. The number of benzene rings is 1. The van der Waals surface area contributed by atoms with E-state index in [-0.39, 0.29) is 41.5 Å². The topological polar surface area (TPSA) is 91.8 Å². The predicted molar refractivity (Wildman–Crippen MR) is 89.3 cm³/mol. The van der Waals surface area contributed by atoms with E-state index in [2.05, 4.69) is 0 Å². The number of sulfone groups is 1. The Morgan fingerprint density at radius 3 is 2.16 bits per heavy atom. The van der Waals surface area contributed by atoms with Gasteiger partial charge in [-0.2, -0.15) is 0 Å². The molecule has 2 aliphatic rings. The molecule has 7 nitrogen and oxygen atoms in total. The number of nitrogens with zero attached hydrogens (tertiary/aromatic N) is 2. The summed E-state index contributed by atoms with van der Waals surface area (Å²) in [5.41, 5.74) is 0.891. The number of aryl methyl sites for hydroxylation is 1. The molecule has 0 aliphatic carbocycles. The van der Waals surface area contributed by atoms with Crippen LogP contribution >= 0.6 is 0 Å². The monoisotopic (exact) mass is 364 g/mol. The summed E-state index contributed by atoms with van der Waals surface area (Å²) in [5.74, 6) is -0.316. The van der Waals surface area contributed by atoms with Gasteiger partial charge < -0.3 is 4.90 Å². The Kier molecular flexibility index (Phi) is 4.64. The minimum atomic E-state index is -3.22. The van der Waals surface area contributed by atoms with Crippen LogP contribution in [-0.4, -0.2) is 61.3 Å². The van der Waals surface area contributed by atoms with Gasteiger partial charge in [0.25, 0.3) is 0 Å². The number of hydrogen-bond donors (Lipinski definition) is 0. The lowest BCUT2D eigenvalue weighted by atomic mass is 10.0. The highest BCUT2D eigenvalue weighted by Crippen LogP contribution is 2.23. The molecule has 0 N–H and O–H groups in total. The van der Waals surface area contributed by atoms with Crippen molar-refractivity contribution < 1.29 is 22.8 Å². The smallest absolute Gasteiger partial charge is 0.230 e. The number of hydrogen-bond acceptors (Lipinski definition) is 5. The van der Waals surface area contributed by atoms with Gasteiger partial charge >= 0.3 is 0 Å². The van der Waals surface area contributed by atoms with E-state index in [0.29, 0.717) is 25.9 Å². The van der Waals surface area contributed by atoms with Gasteiger partial charge in [-0.15, -0.1) is 0 Å². The second kappa shape index (κ2) is 6.59. The maximum Gasteiger partial charge on any atom is 0.230 e. The molecule has 2 heterocycles. The van der Waals surface area contributed by atoms with Crippen molar-refractivity contribution in [2.45, 2.75) is 36.6 Å². The van der Waals surface area contributed by atoms with Gasteiger partial charge in [0, 0.05) is 38.6 Å². The summed E-state index contributed by atoms with van der Waals surface area (Å²) >= 11 is 0. The van der Waals surface area contributed by atoms with Gasteiger partial charge in [-0.25, -0.2) is 8.42 Å². The Morgan fingerprint density at radius 2 is 1.64 bits per heavy atom. The Balaban J connectivity index is 1.48. The SMILES string of the molecule is CS(=O)(=O)c1ccc(CCC(=O)N2CC(N3C(=O)CCC3=O)C2)cc1. The third-order valence-electron chi connectivity index (χ3n) is 4.65. The minimum absolute atomic E-state index is 0.0254. The molecule has 0 spiro atoms. The first kappa shape index (κ1) is 17.6. The van der Waals surface area contributed by atoms with Crippen LogP contribution in [0.3, 0.4) is 0 Å². The van der Waals surface area contributed by atoms with Gasteiger partial charge in [0.15, 0.2) is 9.84 Å². The predicted octanol–water partition coefficient (Wildman–Crippen LogP) is 0.382. The van der Waals surface area contributed by atoms with Gasteiger partial charge in [0.05, 0.1) is 10.9 Å². The Labute approximate surface area is 146 Å². The number of rotatable bonds is 5. The molecule has 2 fully saturated rings. The van der Waals surface area contributed by atoms with E-state index in [0.717, 1.165) is 11.8 Å². The average Bonchev–Trinajstić information content (AvgIpc) is 2.83. The van der Waals surface area contributed by atoms with E-state index >= 15 is 0 Å². The largest absolute Gasteiger partial charge is 0.338 e. The summed E-state index contributed by atoms with van der Waals surface area (Å²) in [6, 6.07) is 6.33. The first-order valence-corrected chi connectivity index (χ1v) is 10.1. The average molecular weight is 364 g/mol. The van der Waals surface area contributed by atoms with Crippen LogP contribution in [0.2, 0.25) is 0 Å². The highest BCUT2D eigenvalue weighted by Gasteiger charge is 2.42. The Hall–Kier alpha value is -2.22. The third kappa shape index (κ3) is 3.73. The zero-order chi connectivity index (χ0) is 18.2. The van der Waals surface area contributed by atoms with Crippen LogP contribution in [0.15, 0.2) is 29.2 Å². The maximum absolute atomic E-state index is 12.2. The van der Waals surface area contributed by atoms with Gasteiger partial charge in [0.1, 0.15) is 0 Å². The second-order valence-electron chi connectivity index (χ2n) is 6.53. The van der Waals surface area contributed by atoms with Crippen molar-refractivity contribution in [1.29, 1.82) is 0 Å². The normalized spacial score (nSPS) is 18.6. The van der Waals surface area contributed by atoms with Crippen molar-refractivity contribution in [3.8, 4) is 0 Å². The molecule has 2 saturated heterocycles. The van der Waals surface area contributed by atoms with E-state index in [1.54, 1.807) is 29.2 Å².